The fourth-order valence-electron chi connectivity index (χ4n) is 3.61. The molecule has 1 heterocycles. The highest BCUT2D eigenvalue weighted by Crippen LogP contribution is 2.44. The zero-order valence-electron chi connectivity index (χ0n) is 14.4. The van der Waals surface area contributed by atoms with Crippen LogP contribution in [0.15, 0.2) is 72.8 Å². The molecule has 1 aliphatic heterocycles. The van der Waals surface area contributed by atoms with Gasteiger partial charge in [-0.3, -0.25) is 0 Å². The Morgan fingerprint density at radius 3 is 2.08 bits per heavy atom. The van der Waals surface area contributed by atoms with Gasteiger partial charge in [-0.1, -0.05) is 48.5 Å². The van der Waals surface area contributed by atoms with Crippen LogP contribution in [0.5, 0.6) is 0 Å². The third kappa shape index (κ3) is 2.26. The van der Waals surface area contributed by atoms with Crippen molar-refractivity contribution in [2.24, 2.45) is 0 Å². The number of rotatable bonds is 2. The summed E-state index contributed by atoms with van der Waals surface area (Å²) in [5.41, 5.74) is 7.68. The summed E-state index contributed by atoms with van der Waals surface area (Å²) in [7, 11) is 2.16. The molecular formula is C22H22N2. The molecule has 0 saturated carbocycles. The van der Waals surface area contributed by atoms with Gasteiger partial charge < -0.3 is 9.80 Å². The lowest BCUT2D eigenvalue weighted by molar-refractivity contribution is 0.732. The highest BCUT2D eigenvalue weighted by atomic mass is 15.4. The second-order valence-corrected chi connectivity index (χ2v) is 6.47. The van der Waals surface area contributed by atoms with Gasteiger partial charge in [-0.15, -0.1) is 0 Å². The molecule has 0 aromatic heterocycles. The van der Waals surface area contributed by atoms with Crippen molar-refractivity contribution in [3.63, 3.8) is 0 Å². The van der Waals surface area contributed by atoms with Crippen LogP contribution in [0.2, 0.25) is 0 Å². The predicted molar refractivity (Wildman–Crippen MR) is 103 cm³/mol. The first-order chi connectivity index (χ1) is 11.7. The monoisotopic (exact) mass is 314 g/mol. The number of benzene rings is 3. The number of para-hydroxylation sites is 2. The Kier molecular flexibility index (Phi) is 3.53. The number of nitrogens with zero attached hydrogens (tertiary/aromatic N) is 2. The van der Waals surface area contributed by atoms with Gasteiger partial charge >= 0.3 is 0 Å². The number of hydrogen-bond acceptors (Lipinski definition) is 2. The van der Waals surface area contributed by atoms with E-state index in [2.05, 4.69) is 103 Å². The van der Waals surface area contributed by atoms with Crippen molar-refractivity contribution in [2.45, 2.75) is 20.0 Å². The Balaban J connectivity index is 1.78. The molecule has 2 nitrogen and oxygen atoms in total. The van der Waals surface area contributed by atoms with Gasteiger partial charge in [0.15, 0.2) is 0 Å². The van der Waals surface area contributed by atoms with Crippen molar-refractivity contribution >= 4 is 17.1 Å². The number of hydrogen-bond donors (Lipinski definition) is 0. The van der Waals surface area contributed by atoms with E-state index in [1.54, 1.807) is 0 Å². The molecule has 1 atom stereocenters. The predicted octanol–water partition coefficient (Wildman–Crippen LogP) is 5.60. The number of aryl methyl sites for hydroxylation is 1. The summed E-state index contributed by atoms with van der Waals surface area (Å²) in [5, 5.41) is 0. The summed E-state index contributed by atoms with van der Waals surface area (Å²) in [6.45, 7) is 4.46. The molecule has 0 unspecified atom stereocenters. The second-order valence-electron chi connectivity index (χ2n) is 6.47. The lowest BCUT2D eigenvalue weighted by Crippen LogP contribution is -2.35. The fourth-order valence-corrected chi connectivity index (χ4v) is 3.61. The molecule has 120 valence electrons. The molecule has 0 aliphatic carbocycles. The zero-order chi connectivity index (χ0) is 16.7. The first-order valence-electron chi connectivity index (χ1n) is 8.44. The molecule has 0 saturated heterocycles. The summed E-state index contributed by atoms with van der Waals surface area (Å²) in [4.78, 5) is 4.76. The van der Waals surface area contributed by atoms with Crippen LogP contribution in [-0.2, 0) is 0 Å². The van der Waals surface area contributed by atoms with E-state index in [1.165, 1.54) is 33.8 Å². The van der Waals surface area contributed by atoms with Crippen LogP contribution in [0.1, 0.15) is 12.5 Å². The van der Waals surface area contributed by atoms with Crippen LogP contribution in [0.4, 0.5) is 17.1 Å². The molecule has 4 rings (SSSR count). The summed E-state index contributed by atoms with van der Waals surface area (Å²) in [6, 6.07) is 26.0. The topological polar surface area (TPSA) is 6.48 Å². The van der Waals surface area contributed by atoms with Crippen LogP contribution in [-0.4, -0.2) is 13.2 Å². The Morgan fingerprint density at radius 1 is 0.708 bits per heavy atom. The summed E-state index contributed by atoms with van der Waals surface area (Å²) in [6.07, 6.45) is 0.309. The minimum absolute atomic E-state index is 0.309. The highest BCUT2D eigenvalue weighted by molar-refractivity contribution is 5.85. The van der Waals surface area contributed by atoms with E-state index in [0.717, 1.165) is 0 Å². The molecule has 0 radical (unpaired) electrons. The normalized spacial score (nSPS) is 16.4. The van der Waals surface area contributed by atoms with Crippen molar-refractivity contribution in [3.05, 3.63) is 78.4 Å². The van der Waals surface area contributed by atoms with E-state index < -0.39 is 0 Å². The fraction of sp³-hybridized carbons (Fsp3) is 0.182. The van der Waals surface area contributed by atoms with E-state index in [9.17, 15) is 0 Å². The van der Waals surface area contributed by atoms with Gasteiger partial charge in [-0.2, -0.15) is 0 Å². The SMILES string of the molecule is Cc1cc(-c2ccccc2)ccc1N1c2ccccc2N(C)[C@@H]1C. The molecule has 3 aromatic carbocycles. The first-order valence-corrected chi connectivity index (χ1v) is 8.44. The van der Waals surface area contributed by atoms with Gasteiger partial charge in [0.25, 0.3) is 0 Å². The molecule has 24 heavy (non-hydrogen) atoms. The maximum Gasteiger partial charge on any atom is 0.103 e. The average Bonchev–Trinajstić information content (AvgIpc) is 2.87. The van der Waals surface area contributed by atoms with E-state index >= 15 is 0 Å². The van der Waals surface area contributed by atoms with E-state index in [4.69, 9.17) is 0 Å². The summed E-state index contributed by atoms with van der Waals surface area (Å²) >= 11 is 0. The summed E-state index contributed by atoms with van der Waals surface area (Å²) in [5.74, 6) is 0. The van der Waals surface area contributed by atoms with E-state index in [1.807, 2.05) is 0 Å². The molecule has 0 N–H and O–H groups in total. The molecule has 0 fully saturated rings. The van der Waals surface area contributed by atoms with Gasteiger partial charge in [0, 0.05) is 12.7 Å². The molecule has 0 amide bonds. The minimum Gasteiger partial charge on any atom is -0.353 e. The summed E-state index contributed by atoms with van der Waals surface area (Å²) < 4.78 is 0. The zero-order valence-corrected chi connectivity index (χ0v) is 14.4. The molecule has 0 bridgehead atoms. The lowest BCUT2D eigenvalue weighted by Gasteiger charge is -2.29. The van der Waals surface area contributed by atoms with Gasteiger partial charge in [-0.25, -0.2) is 0 Å². The van der Waals surface area contributed by atoms with Crippen LogP contribution in [0.3, 0.4) is 0 Å². The first kappa shape index (κ1) is 14.8. The van der Waals surface area contributed by atoms with Gasteiger partial charge in [0.1, 0.15) is 6.17 Å². The van der Waals surface area contributed by atoms with Crippen LogP contribution in [0.25, 0.3) is 11.1 Å². The van der Waals surface area contributed by atoms with Crippen molar-refractivity contribution < 1.29 is 0 Å². The number of fused-ring (bicyclic) bond motifs is 1. The van der Waals surface area contributed by atoms with E-state index in [0.29, 0.717) is 6.17 Å². The Hall–Kier alpha value is -2.74. The van der Waals surface area contributed by atoms with Crippen LogP contribution in [0, 0.1) is 6.92 Å². The van der Waals surface area contributed by atoms with Crippen LogP contribution >= 0.6 is 0 Å². The minimum atomic E-state index is 0.309. The third-order valence-electron chi connectivity index (χ3n) is 5.02. The largest absolute Gasteiger partial charge is 0.353 e. The van der Waals surface area contributed by atoms with E-state index in [-0.39, 0.29) is 0 Å². The lowest BCUT2D eigenvalue weighted by atomic mass is 10.0. The maximum atomic E-state index is 2.43. The van der Waals surface area contributed by atoms with Crippen LogP contribution < -0.4 is 9.80 Å². The van der Waals surface area contributed by atoms with Gasteiger partial charge in [-0.05, 0) is 54.8 Å². The van der Waals surface area contributed by atoms with Crippen molar-refractivity contribution in [2.75, 3.05) is 16.8 Å². The van der Waals surface area contributed by atoms with Gasteiger partial charge in [0.2, 0.25) is 0 Å². The standard InChI is InChI=1S/C22H22N2/c1-16-15-19(18-9-5-4-6-10-18)13-14-20(16)24-17(2)23(3)21-11-7-8-12-22(21)24/h4-15,17H,1-3H3/t17-/m0/s1. The Bertz CT molecular complexity index is 870. The second kappa shape index (κ2) is 5.72. The highest BCUT2D eigenvalue weighted by Gasteiger charge is 2.31. The molecule has 3 aromatic rings. The third-order valence-corrected chi connectivity index (χ3v) is 5.02. The molecule has 2 heteroatoms. The molecule has 1 aliphatic rings. The molecular weight excluding hydrogens is 292 g/mol. The van der Waals surface area contributed by atoms with Crippen molar-refractivity contribution in [1.82, 2.24) is 0 Å². The Labute approximate surface area is 144 Å². The smallest absolute Gasteiger partial charge is 0.103 e. The van der Waals surface area contributed by atoms with Crippen molar-refractivity contribution in [3.8, 4) is 11.1 Å². The quantitative estimate of drug-likeness (QED) is 0.608. The van der Waals surface area contributed by atoms with Crippen molar-refractivity contribution in [1.29, 1.82) is 0 Å². The maximum absolute atomic E-state index is 2.43. The van der Waals surface area contributed by atoms with Gasteiger partial charge in [0.05, 0.1) is 11.4 Å². The Morgan fingerprint density at radius 2 is 1.38 bits per heavy atom. The number of anilines is 3. The average molecular weight is 314 g/mol. The molecule has 0 spiro atoms.